The molecule has 0 amide bonds. The van der Waals surface area contributed by atoms with Gasteiger partial charge in [-0.15, -0.1) is 0 Å². The van der Waals surface area contributed by atoms with Crippen LogP contribution in [0.1, 0.15) is 19.8 Å². The SMILES string of the molecule is COc1cccc(Nc2ccnc(Nc3ccc(N4CCC(C)CC4)cc3)n2)c1. The standard InChI is InChI=1S/C23H27N5O/c1-17-11-14-28(15-12-17)20-8-6-18(7-9-20)26-23-24-13-10-22(27-23)25-19-4-3-5-21(16-19)29-2/h3-10,13,16-17H,11-12,14-15H2,1-2H3,(H2,24,25,26,27). The maximum atomic E-state index is 5.27. The molecular formula is C23H27N5O. The lowest BCUT2D eigenvalue weighted by Gasteiger charge is -2.32. The first kappa shape index (κ1) is 19.1. The highest BCUT2D eigenvalue weighted by Crippen LogP contribution is 2.25. The van der Waals surface area contributed by atoms with Gasteiger partial charge in [-0.2, -0.15) is 4.98 Å². The normalized spacial score (nSPS) is 14.5. The fourth-order valence-electron chi connectivity index (χ4n) is 3.49. The second-order valence-electron chi connectivity index (χ2n) is 7.46. The Morgan fingerprint density at radius 2 is 1.76 bits per heavy atom. The van der Waals surface area contributed by atoms with Gasteiger partial charge in [0, 0.05) is 42.4 Å². The quantitative estimate of drug-likeness (QED) is 0.603. The van der Waals surface area contributed by atoms with Gasteiger partial charge >= 0.3 is 0 Å². The van der Waals surface area contributed by atoms with Crippen LogP contribution < -0.4 is 20.3 Å². The number of aromatic nitrogens is 2. The predicted molar refractivity (Wildman–Crippen MR) is 119 cm³/mol. The fraction of sp³-hybridized carbons (Fsp3) is 0.304. The molecule has 2 aromatic carbocycles. The number of rotatable bonds is 6. The van der Waals surface area contributed by atoms with E-state index in [0.29, 0.717) is 5.95 Å². The number of ether oxygens (including phenoxy) is 1. The highest BCUT2D eigenvalue weighted by atomic mass is 16.5. The predicted octanol–water partition coefficient (Wildman–Crippen LogP) is 5.21. The minimum Gasteiger partial charge on any atom is -0.497 e. The van der Waals surface area contributed by atoms with Crippen LogP contribution in [0, 0.1) is 5.92 Å². The first-order valence-electron chi connectivity index (χ1n) is 10.1. The molecule has 2 N–H and O–H groups in total. The summed E-state index contributed by atoms with van der Waals surface area (Å²) in [5.41, 5.74) is 3.16. The van der Waals surface area contributed by atoms with Gasteiger partial charge in [-0.25, -0.2) is 4.98 Å². The number of nitrogens with one attached hydrogen (secondary N) is 2. The zero-order chi connectivity index (χ0) is 20.1. The second kappa shape index (κ2) is 8.82. The monoisotopic (exact) mass is 389 g/mol. The van der Waals surface area contributed by atoms with Crippen LogP contribution in [0.4, 0.5) is 28.8 Å². The molecule has 0 unspecified atom stereocenters. The third kappa shape index (κ3) is 4.96. The summed E-state index contributed by atoms with van der Waals surface area (Å²) in [5.74, 6) is 2.90. The van der Waals surface area contributed by atoms with Crippen molar-refractivity contribution in [2.75, 3.05) is 35.7 Å². The highest BCUT2D eigenvalue weighted by Gasteiger charge is 2.15. The smallest absolute Gasteiger partial charge is 0.229 e. The van der Waals surface area contributed by atoms with Gasteiger partial charge in [0.05, 0.1) is 7.11 Å². The molecule has 0 spiro atoms. The molecule has 1 aliphatic heterocycles. The van der Waals surface area contributed by atoms with Crippen molar-refractivity contribution in [2.24, 2.45) is 5.92 Å². The molecule has 1 aliphatic rings. The summed E-state index contributed by atoms with van der Waals surface area (Å²) in [6.07, 6.45) is 4.27. The molecule has 2 heterocycles. The summed E-state index contributed by atoms with van der Waals surface area (Å²) in [6.45, 7) is 4.60. The van der Waals surface area contributed by atoms with Gasteiger partial charge in [-0.05, 0) is 61.2 Å². The average Bonchev–Trinajstić information content (AvgIpc) is 2.75. The fourth-order valence-corrected chi connectivity index (χ4v) is 3.49. The molecule has 0 atom stereocenters. The zero-order valence-electron chi connectivity index (χ0n) is 16.9. The molecule has 6 heteroatoms. The van der Waals surface area contributed by atoms with E-state index in [9.17, 15) is 0 Å². The van der Waals surface area contributed by atoms with Gasteiger partial charge in [0.25, 0.3) is 0 Å². The molecule has 6 nitrogen and oxygen atoms in total. The van der Waals surface area contributed by atoms with E-state index in [1.54, 1.807) is 13.3 Å². The van der Waals surface area contributed by atoms with Crippen LogP contribution in [-0.2, 0) is 0 Å². The number of methoxy groups -OCH3 is 1. The Bertz CT molecular complexity index is 936. The number of nitrogens with zero attached hydrogens (tertiary/aromatic N) is 3. The van der Waals surface area contributed by atoms with Gasteiger partial charge in [-0.3, -0.25) is 0 Å². The van der Waals surface area contributed by atoms with Crippen molar-refractivity contribution in [3.63, 3.8) is 0 Å². The molecular weight excluding hydrogens is 362 g/mol. The molecule has 1 aromatic heterocycles. The van der Waals surface area contributed by atoms with Gasteiger partial charge in [0.2, 0.25) is 5.95 Å². The van der Waals surface area contributed by atoms with Crippen molar-refractivity contribution in [3.8, 4) is 5.75 Å². The summed E-state index contributed by atoms with van der Waals surface area (Å²) < 4.78 is 5.27. The molecule has 150 valence electrons. The van der Waals surface area contributed by atoms with E-state index in [1.165, 1.54) is 18.5 Å². The largest absolute Gasteiger partial charge is 0.497 e. The molecule has 0 aliphatic carbocycles. The van der Waals surface area contributed by atoms with E-state index in [2.05, 4.69) is 56.7 Å². The first-order chi connectivity index (χ1) is 14.2. The lowest BCUT2D eigenvalue weighted by molar-refractivity contribution is 0.415. The lowest BCUT2D eigenvalue weighted by atomic mass is 9.99. The Balaban J connectivity index is 1.41. The van der Waals surface area contributed by atoms with E-state index < -0.39 is 0 Å². The van der Waals surface area contributed by atoms with E-state index in [4.69, 9.17) is 4.74 Å². The minimum absolute atomic E-state index is 0.553. The van der Waals surface area contributed by atoms with Gasteiger partial charge in [-0.1, -0.05) is 13.0 Å². The molecule has 0 radical (unpaired) electrons. The molecule has 0 bridgehead atoms. The van der Waals surface area contributed by atoms with E-state index >= 15 is 0 Å². The molecule has 29 heavy (non-hydrogen) atoms. The Labute approximate surface area is 172 Å². The number of anilines is 5. The Hall–Kier alpha value is -3.28. The number of piperidine rings is 1. The van der Waals surface area contributed by atoms with Gasteiger partial charge < -0.3 is 20.3 Å². The Morgan fingerprint density at radius 1 is 0.966 bits per heavy atom. The third-order valence-electron chi connectivity index (χ3n) is 5.27. The number of hydrogen-bond acceptors (Lipinski definition) is 6. The number of benzene rings is 2. The van der Waals surface area contributed by atoms with E-state index in [-0.39, 0.29) is 0 Å². The molecule has 0 saturated carbocycles. The van der Waals surface area contributed by atoms with Gasteiger partial charge in [0.1, 0.15) is 11.6 Å². The third-order valence-corrected chi connectivity index (χ3v) is 5.27. The first-order valence-corrected chi connectivity index (χ1v) is 10.1. The van der Waals surface area contributed by atoms with Crippen molar-refractivity contribution >= 4 is 28.8 Å². The van der Waals surface area contributed by atoms with Gasteiger partial charge in [0.15, 0.2) is 0 Å². The summed E-state index contributed by atoms with van der Waals surface area (Å²) in [7, 11) is 1.66. The van der Waals surface area contributed by atoms with Crippen LogP contribution in [0.25, 0.3) is 0 Å². The van der Waals surface area contributed by atoms with Crippen molar-refractivity contribution in [1.82, 2.24) is 9.97 Å². The summed E-state index contributed by atoms with van der Waals surface area (Å²) in [4.78, 5) is 11.3. The van der Waals surface area contributed by atoms with Crippen LogP contribution in [-0.4, -0.2) is 30.2 Å². The van der Waals surface area contributed by atoms with Crippen LogP contribution in [0.15, 0.2) is 60.8 Å². The topological polar surface area (TPSA) is 62.3 Å². The summed E-state index contributed by atoms with van der Waals surface area (Å²) >= 11 is 0. The molecule has 1 saturated heterocycles. The molecule has 1 fully saturated rings. The second-order valence-corrected chi connectivity index (χ2v) is 7.46. The van der Waals surface area contributed by atoms with Crippen LogP contribution in [0.5, 0.6) is 5.75 Å². The Morgan fingerprint density at radius 3 is 2.52 bits per heavy atom. The van der Waals surface area contributed by atoms with Crippen molar-refractivity contribution in [3.05, 3.63) is 60.8 Å². The number of hydrogen-bond donors (Lipinski definition) is 2. The van der Waals surface area contributed by atoms with Crippen molar-refractivity contribution in [1.29, 1.82) is 0 Å². The summed E-state index contributed by atoms with van der Waals surface area (Å²) in [6, 6.07) is 18.1. The highest BCUT2D eigenvalue weighted by molar-refractivity contribution is 5.62. The minimum atomic E-state index is 0.553. The van der Waals surface area contributed by atoms with E-state index in [0.717, 1.165) is 41.9 Å². The molecule has 3 aromatic rings. The van der Waals surface area contributed by atoms with Crippen LogP contribution in [0.3, 0.4) is 0 Å². The average molecular weight is 390 g/mol. The zero-order valence-corrected chi connectivity index (χ0v) is 16.9. The summed E-state index contributed by atoms with van der Waals surface area (Å²) in [5, 5.41) is 6.57. The van der Waals surface area contributed by atoms with Crippen molar-refractivity contribution < 1.29 is 4.74 Å². The lowest BCUT2D eigenvalue weighted by Crippen LogP contribution is -2.32. The van der Waals surface area contributed by atoms with Crippen LogP contribution >= 0.6 is 0 Å². The Kier molecular flexibility index (Phi) is 5.79. The maximum absolute atomic E-state index is 5.27. The van der Waals surface area contributed by atoms with Crippen LogP contribution in [0.2, 0.25) is 0 Å². The van der Waals surface area contributed by atoms with E-state index in [1.807, 2.05) is 30.3 Å². The maximum Gasteiger partial charge on any atom is 0.229 e. The molecule has 4 rings (SSSR count). The van der Waals surface area contributed by atoms with Crippen molar-refractivity contribution in [2.45, 2.75) is 19.8 Å².